The van der Waals surface area contributed by atoms with Crippen LogP contribution in [0.1, 0.15) is 12.0 Å². The molecule has 2 N–H and O–H groups in total. The minimum absolute atomic E-state index is 0.286. The van der Waals surface area contributed by atoms with E-state index < -0.39 is 0 Å². The van der Waals surface area contributed by atoms with Gasteiger partial charge in [0.1, 0.15) is 12.4 Å². The Balaban J connectivity index is 2.30. The molecule has 0 saturated heterocycles. The number of fused-ring (bicyclic) bond motifs is 1. The molecular formula is C11H14FNO2. The van der Waals surface area contributed by atoms with Gasteiger partial charge >= 0.3 is 0 Å². The van der Waals surface area contributed by atoms with Crippen LogP contribution in [0, 0.1) is 5.82 Å². The van der Waals surface area contributed by atoms with Crippen molar-refractivity contribution >= 4 is 0 Å². The predicted molar refractivity (Wildman–Crippen MR) is 54.8 cm³/mol. The summed E-state index contributed by atoms with van der Waals surface area (Å²) in [7, 11) is 0. The third-order valence-corrected chi connectivity index (χ3v) is 2.31. The molecule has 0 saturated carbocycles. The van der Waals surface area contributed by atoms with Gasteiger partial charge in [-0.25, -0.2) is 4.39 Å². The Bertz CT molecular complexity index is 355. The van der Waals surface area contributed by atoms with Gasteiger partial charge < -0.3 is 15.2 Å². The highest BCUT2D eigenvalue weighted by Crippen LogP contribution is 2.35. The molecule has 1 aromatic rings. The van der Waals surface area contributed by atoms with Crippen LogP contribution in [0.4, 0.5) is 4.39 Å². The second kappa shape index (κ2) is 4.49. The van der Waals surface area contributed by atoms with Gasteiger partial charge in [0.2, 0.25) is 0 Å². The summed E-state index contributed by atoms with van der Waals surface area (Å²) in [4.78, 5) is 0. The first-order valence-corrected chi connectivity index (χ1v) is 5.09. The molecule has 1 aliphatic heterocycles. The molecule has 0 aromatic heterocycles. The van der Waals surface area contributed by atoms with Gasteiger partial charge in [0.25, 0.3) is 0 Å². The molecule has 1 heterocycles. The summed E-state index contributed by atoms with van der Waals surface area (Å²) in [5.74, 6) is 0.859. The second-order valence-electron chi connectivity index (χ2n) is 3.48. The normalized spacial score (nSPS) is 14.3. The van der Waals surface area contributed by atoms with E-state index in [1.165, 1.54) is 12.1 Å². The molecule has 0 aliphatic carbocycles. The van der Waals surface area contributed by atoms with E-state index in [1.807, 2.05) is 0 Å². The van der Waals surface area contributed by atoms with Crippen LogP contribution in [0.5, 0.6) is 11.5 Å². The molecule has 1 aromatic carbocycles. The number of benzene rings is 1. The predicted octanol–water partition coefficient (Wildman–Crippen LogP) is 1.49. The molecule has 0 atom stereocenters. The number of rotatable bonds is 3. The smallest absolute Gasteiger partial charge is 0.164 e. The molecule has 15 heavy (non-hydrogen) atoms. The maximum Gasteiger partial charge on any atom is 0.164 e. The fraction of sp³-hybridized carbons (Fsp3) is 0.455. The van der Waals surface area contributed by atoms with Crippen molar-refractivity contribution < 1.29 is 13.9 Å². The van der Waals surface area contributed by atoms with Crippen molar-refractivity contribution in [1.29, 1.82) is 0 Å². The number of hydrogen-bond acceptors (Lipinski definition) is 3. The van der Waals surface area contributed by atoms with Gasteiger partial charge in [-0.05, 0) is 18.9 Å². The van der Waals surface area contributed by atoms with Gasteiger partial charge in [-0.2, -0.15) is 0 Å². The van der Waals surface area contributed by atoms with Crippen molar-refractivity contribution in [1.82, 2.24) is 0 Å². The first-order chi connectivity index (χ1) is 7.31. The Morgan fingerprint density at radius 3 is 3.13 bits per heavy atom. The fourth-order valence-corrected chi connectivity index (χ4v) is 1.69. The third-order valence-electron chi connectivity index (χ3n) is 2.31. The SMILES string of the molecule is NCCOc1cc(F)cc2c1OCCC2. The molecule has 2 rings (SSSR count). The first-order valence-electron chi connectivity index (χ1n) is 5.09. The van der Waals surface area contributed by atoms with Gasteiger partial charge in [0.05, 0.1) is 6.61 Å². The van der Waals surface area contributed by atoms with E-state index in [-0.39, 0.29) is 5.82 Å². The van der Waals surface area contributed by atoms with Gasteiger partial charge in [0.15, 0.2) is 11.5 Å². The summed E-state index contributed by atoms with van der Waals surface area (Å²) >= 11 is 0. The van der Waals surface area contributed by atoms with Crippen LogP contribution >= 0.6 is 0 Å². The number of ether oxygens (including phenoxy) is 2. The first kappa shape index (κ1) is 10.2. The lowest BCUT2D eigenvalue weighted by atomic mass is 10.1. The van der Waals surface area contributed by atoms with Crippen LogP contribution in [0.25, 0.3) is 0 Å². The Morgan fingerprint density at radius 1 is 1.47 bits per heavy atom. The van der Waals surface area contributed by atoms with Crippen LogP contribution in [-0.4, -0.2) is 19.8 Å². The number of hydrogen-bond donors (Lipinski definition) is 1. The van der Waals surface area contributed by atoms with E-state index >= 15 is 0 Å². The molecule has 82 valence electrons. The molecule has 3 nitrogen and oxygen atoms in total. The van der Waals surface area contributed by atoms with Crippen LogP contribution in [0.15, 0.2) is 12.1 Å². The number of nitrogens with two attached hydrogens (primary N) is 1. The summed E-state index contributed by atoms with van der Waals surface area (Å²) in [6.07, 6.45) is 1.76. The third kappa shape index (κ3) is 2.21. The van der Waals surface area contributed by atoms with Crippen LogP contribution < -0.4 is 15.2 Å². The summed E-state index contributed by atoms with van der Waals surface area (Å²) in [5.41, 5.74) is 6.21. The minimum Gasteiger partial charge on any atom is -0.489 e. The molecule has 0 bridgehead atoms. The topological polar surface area (TPSA) is 44.5 Å². The molecule has 0 fully saturated rings. The van der Waals surface area contributed by atoms with Crippen molar-refractivity contribution in [2.45, 2.75) is 12.8 Å². The Morgan fingerprint density at radius 2 is 2.33 bits per heavy atom. The average molecular weight is 211 g/mol. The Hall–Kier alpha value is -1.29. The lowest BCUT2D eigenvalue weighted by Gasteiger charge is -2.20. The van der Waals surface area contributed by atoms with Crippen LogP contribution in [0.2, 0.25) is 0 Å². The number of halogens is 1. The molecule has 0 radical (unpaired) electrons. The molecule has 0 amide bonds. The Kier molecular flexibility index (Phi) is 3.06. The van der Waals surface area contributed by atoms with E-state index in [0.717, 1.165) is 18.4 Å². The molecule has 0 spiro atoms. The molecule has 4 heteroatoms. The summed E-state index contributed by atoms with van der Waals surface area (Å²) in [6, 6.07) is 2.85. The quantitative estimate of drug-likeness (QED) is 0.823. The lowest BCUT2D eigenvalue weighted by Crippen LogP contribution is -2.14. The maximum absolute atomic E-state index is 13.2. The highest BCUT2D eigenvalue weighted by molar-refractivity contribution is 5.48. The largest absolute Gasteiger partial charge is 0.489 e. The highest BCUT2D eigenvalue weighted by Gasteiger charge is 2.17. The minimum atomic E-state index is -0.286. The molecule has 0 unspecified atom stereocenters. The highest BCUT2D eigenvalue weighted by atomic mass is 19.1. The summed E-state index contributed by atoms with van der Waals surface area (Å²) in [6.45, 7) is 1.45. The van der Waals surface area contributed by atoms with Crippen LogP contribution in [-0.2, 0) is 6.42 Å². The van der Waals surface area contributed by atoms with Crippen molar-refractivity contribution in [2.24, 2.45) is 5.73 Å². The van der Waals surface area contributed by atoms with Crippen molar-refractivity contribution in [2.75, 3.05) is 19.8 Å². The van der Waals surface area contributed by atoms with Crippen molar-refractivity contribution in [3.8, 4) is 11.5 Å². The lowest BCUT2D eigenvalue weighted by molar-refractivity contribution is 0.252. The van der Waals surface area contributed by atoms with Crippen molar-refractivity contribution in [3.05, 3.63) is 23.5 Å². The molecule has 1 aliphatic rings. The van der Waals surface area contributed by atoms with Crippen molar-refractivity contribution in [3.63, 3.8) is 0 Å². The van der Waals surface area contributed by atoms with E-state index in [4.69, 9.17) is 15.2 Å². The van der Waals surface area contributed by atoms with E-state index in [2.05, 4.69) is 0 Å². The fourth-order valence-electron chi connectivity index (χ4n) is 1.69. The van der Waals surface area contributed by atoms with E-state index in [0.29, 0.717) is 31.3 Å². The zero-order chi connectivity index (χ0) is 10.7. The Labute approximate surface area is 88.0 Å². The summed E-state index contributed by atoms with van der Waals surface area (Å²) < 4.78 is 24.0. The van der Waals surface area contributed by atoms with Gasteiger partial charge in [-0.15, -0.1) is 0 Å². The van der Waals surface area contributed by atoms with Gasteiger partial charge in [-0.1, -0.05) is 0 Å². The second-order valence-corrected chi connectivity index (χ2v) is 3.48. The zero-order valence-corrected chi connectivity index (χ0v) is 8.46. The maximum atomic E-state index is 13.2. The monoisotopic (exact) mass is 211 g/mol. The van der Waals surface area contributed by atoms with Gasteiger partial charge in [-0.3, -0.25) is 0 Å². The average Bonchev–Trinajstić information content (AvgIpc) is 2.25. The van der Waals surface area contributed by atoms with E-state index in [1.54, 1.807) is 0 Å². The number of aryl methyl sites for hydroxylation is 1. The van der Waals surface area contributed by atoms with Crippen LogP contribution in [0.3, 0.4) is 0 Å². The molecular weight excluding hydrogens is 197 g/mol. The van der Waals surface area contributed by atoms with E-state index in [9.17, 15) is 4.39 Å². The zero-order valence-electron chi connectivity index (χ0n) is 8.46. The van der Waals surface area contributed by atoms with Gasteiger partial charge in [0, 0.05) is 18.2 Å². The standard InChI is InChI=1S/C11H14FNO2/c12-9-6-8-2-1-4-15-11(8)10(7-9)14-5-3-13/h6-7H,1-5,13H2. The summed E-state index contributed by atoms with van der Waals surface area (Å²) in [5, 5.41) is 0.